The summed E-state index contributed by atoms with van der Waals surface area (Å²) in [5.41, 5.74) is 2.96. The summed E-state index contributed by atoms with van der Waals surface area (Å²) in [6.07, 6.45) is -4.49. The Balaban J connectivity index is 1.70. The molecule has 0 saturated carbocycles. The van der Waals surface area contributed by atoms with E-state index in [0.29, 0.717) is 16.6 Å². The third-order valence-electron chi connectivity index (χ3n) is 6.21. The molecule has 6 nitrogen and oxygen atoms in total. The average molecular weight is 510 g/mol. The van der Waals surface area contributed by atoms with Crippen LogP contribution in [0, 0.1) is 6.92 Å². The van der Waals surface area contributed by atoms with Crippen LogP contribution in [0.1, 0.15) is 50.5 Å². The van der Waals surface area contributed by atoms with E-state index in [1.165, 1.54) is 19.2 Å². The Kier molecular flexibility index (Phi) is 6.98. The number of aryl methyl sites for hydroxylation is 2. The van der Waals surface area contributed by atoms with Crippen LogP contribution in [0.3, 0.4) is 0 Å². The third kappa shape index (κ3) is 5.30. The number of rotatable bonds is 6. The summed E-state index contributed by atoms with van der Waals surface area (Å²) in [5, 5.41) is 6.73. The van der Waals surface area contributed by atoms with Gasteiger partial charge in [0.15, 0.2) is 0 Å². The van der Waals surface area contributed by atoms with Crippen molar-refractivity contribution in [1.82, 2.24) is 9.88 Å². The van der Waals surface area contributed by atoms with Crippen molar-refractivity contribution in [1.29, 1.82) is 0 Å². The molecule has 1 amide bonds. The van der Waals surface area contributed by atoms with E-state index in [0.717, 1.165) is 28.8 Å². The van der Waals surface area contributed by atoms with Crippen molar-refractivity contribution in [2.45, 2.75) is 26.1 Å². The van der Waals surface area contributed by atoms with Gasteiger partial charge in [-0.05, 0) is 61.9 Å². The summed E-state index contributed by atoms with van der Waals surface area (Å²) in [6.45, 7) is 3.71. The first-order valence-electron chi connectivity index (χ1n) is 11.5. The van der Waals surface area contributed by atoms with Crippen LogP contribution in [-0.2, 0) is 18.0 Å². The molecule has 4 aromatic rings. The van der Waals surface area contributed by atoms with Crippen molar-refractivity contribution < 1.29 is 27.5 Å². The standard InChI is InChI=1S/C28H26F3N3O3/c1-16-8-13-23-22(14-16)24(33-21-7-5-6-20(15-21)28(29,30)31)25(34(23)3)26(35)32-17(2)18-9-11-19(12-10-18)27(36)37-4/h5-15,17,33H,1-4H3,(H,32,35). The maximum Gasteiger partial charge on any atom is 0.416 e. The van der Waals surface area contributed by atoms with E-state index in [4.69, 9.17) is 4.74 Å². The number of carbonyl (C=O) groups is 2. The van der Waals surface area contributed by atoms with Crippen molar-refractivity contribution in [2.75, 3.05) is 12.4 Å². The number of alkyl halides is 3. The van der Waals surface area contributed by atoms with Crippen molar-refractivity contribution in [3.63, 3.8) is 0 Å². The average Bonchev–Trinajstić information content (AvgIpc) is 3.13. The van der Waals surface area contributed by atoms with E-state index in [2.05, 4.69) is 10.6 Å². The number of anilines is 2. The van der Waals surface area contributed by atoms with Gasteiger partial charge in [0.05, 0.1) is 35.5 Å². The van der Waals surface area contributed by atoms with Crippen LogP contribution in [-0.4, -0.2) is 23.6 Å². The summed E-state index contributed by atoms with van der Waals surface area (Å²) >= 11 is 0. The van der Waals surface area contributed by atoms with Crippen molar-refractivity contribution in [3.05, 3.63) is 94.7 Å². The first-order chi connectivity index (χ1) is 17.5. The zero-order chi connectivity index (χ0) is 26.9. The molecular formula is C28H26F3N3O3. The Morgan fingerprint density at radius 1 is 1.00 bits per heavy atom. The maximum absolute atomic E-state index is 13.5. The van der Waals surface area contributed by atoms with Gasteiger partial charge in [0, 0.05) is 18.1 Å². The number of hydrogen-bond donors (Lipinski definition) is 2. The van der Waals surface area contributed by atoms with Gasteiger partial charge in [0.25, 0.3) is 5.91 Å². The minimum absolute atomic E-state index is 0.212. The van der Waals surface area contributed by atoms with Crippen LogP contribution < -0.4 is 10.6 Å². The van der Waals surface area contributed by atoms with Crippen LogP contribution in [0.25, 0.3) is 10.9 Å². The molecule has 3 aromatic carbocycles. The molecule has 0 bridgehead atoms. The number of esters is 1. The lowest BCUT2D eigenvalue weighted by Gasteiger charge is -2.17. The van der Waals surface area contributed by atoms with E-state index in [-0.39, 0.29) is 11.4 Å². The van der Waals surface area contributed by atoms with Crippen LogP contribution in [0.4, 0.5) is 24.5 Å². The molecule has 0 aliphatic heterocycles. The third-order valence-corrected chi connectivity index (χ3v) is 6.21. The van der Waals surface area contributed by atoms with E-state index < -0.39 is 29.7 Å². The molecule has 1 aromatic heterocycles. The van der Waals surface area contributed by atoms with Gasteiger partial charge in [-0.15, -0.1) is 0 Å². The molecule has 1 unspecified atom stereocenters. The summed E-state index contributed by atoms with van der Waals surface area (Å²) in [5.74, 6) is -0.866. The summed E-state index contributed by atoms with van der Waals surface area (Å²) in [6, 6.07) is 16.8. The Labute approximate surface area is 212 Å². The number of carbonyl (C=O) groups excluding carboxylic acids is 2. The summed E-state index contributed by atoms with van der Waals surface area (Å²) in [7, 11) is 3.04. The van der Waals surface area contributed by atoms with Crippen LogP contribution in [0.5, 0.6) is 0 Å². The first kappa shape index (κ1) is 25.8. The van der Waals surface area contributed by atoms with E-state index in [9.17, 15) is 22.8 Å². The second-order valence-electron chi connectivity index (χ2n) is 8.82. The molecule has 0 spiro atoms. The summed E-state index contributed by atoms with van der Waals surface area (Å²) in [4.78, 5) is 25.2. The highest BCUT2D eigenvalue weighted by atomic mass is 19.4. The smallest absolute Gasteiger partial charge is 0.416 e. The predicted octanol–water partition coefficient (Wildman–Crippen LogP) is 6.53. The number of ether oxygens (including phenoxy) is 1. The van der Waals surface area contributed by atoms with Gasteiger partial charge in [-0.25, -0.2) is 4.79 Å². The number of benzene rings is 3. The van der Waals surface area contributed by atoms with Gasteiger partial charge in [-0.2, -0.15) is 13.2 Å². The minimum Gasteiger partial charge on any atom is -0.465 e. The number of nitrogens with zero attached hydrogens (tertiary/aromatic N) is 1. The lowest BCUT2D eigenvalue weighted by atomic mass is 10.1. The Hall–Kier alpha value is -4.27. The van der Waals surface area contributed by atoms with E-state index in [1.807, 2.05) is 25.1 Å². The van der Waals surface area contributed by atoms with E-state index in [1.54, 1.807) is 42.8 Å². The second-order valence-corrected chi connectivity index (χ2v) is 8.82. The minimum atomic E-state index is -4.49. The van der Waals surface area contributed by atoms with Gasteiger partial charge >= 0.3 is 12.1 Å². The normalized spacial score (nSPS) is 12.3. The predicted molar refractivity (Wildman–Crippen MR) is 136 cm³/mol. The molecule has 192 valence electrons. The monoisotopic (exact) mass is 509 g/mol. The number of fused-ring (bicyclic) bond motifs is 1. The van der Waals surface area contributed by atoms with Gasteiger partial charge in [-0.1, -0.05) is 29.8 Å². The molecule has 2 N–H and O–H groups in total. The van der Waals surface area contributed by atoms with Crippen molar-refractivity contribution in [2.24, 2.45) is 7.05 Å². The molecular weight excluding hydrogens is 483 g/mol. The lowest BCUT2D eigenvalue weighted by molar-refractivity contribution is -0.137. The number of amides is 1. The Morgan fingerprint density at radius 3 is 2.35 bits per heavy atom. The molecule has 0 saturated heterocycles. The molecule has 37 heavy (non-hydrogen) atoms. The molecule has 1 atom stereocenters. The Bertz CT molecular complexity index is 1470. The highest BCUT2D eigenvalue weighted by Gasteiger charge is 2.31. The zero-order valence-electron chi connectivity index (χ0n) is 20.7. The number of hydrogen-bond acceptors (Lipinski definition) is 4. The lowest BCUT2D eigenvalue weighted by Crippen LogP contribution is -2.29. The first-order valence-corrected chi connectivity index (χ1v) is 11.5. The molecule has 1 heterocycles. The fourth-order valence-electron chi connectivity index (χ4n) is 4.24. The van der Waals surface area contributed by atoms with Crippen LogP contribution in [0.2, 0.25) is 0 Å². The highest BCUT2D eigenvalue weighted by Crippen LogP contribution is 2.36. The Morgan fingerprint density at radius 2 is 1.70 bits per heavy atom. The number of halogens is 3. The number of aromatic nitrogens is 1. The molecule has 4 rings (SSSR count). The highest BCUT2D eigenvalue weighted by molar-refractivity contribution is 6.10. The van der Waals surface area contributed by atoms with Gasteiger partial charge in [0.2, 0.25) is 0 Å². The van der Waals surface area contributed by atoms with Gasteiger partial charge < -0.3 is 19.9 Å². The van der Waals surface area contributed by atoms with Gasteiger partial charge in [-0.3, -0.25) is 4.79 Å². The van der Waals surface area contributed by atoms with E-state index >= 15 is 0 Å². The topological polar surface area (TPSA) is 72.4 Å². The maximum atomic E-state index is 13.5. The van der Waals surface area contributed by atoms with Gasteiger partial charge in [0.1, 0.15) is 5.69 Å². The van der Waals surface area contributed by atoms with Crippen molar-refractivity contribution in [3.8, 4) is 0 Å². The quantitative estimate of drug-likeness (QED) is 0.290. The zero-order valence-corrected chi connectivity index (χ0v) is 20.7. The van der Waals surface area contributed by atoms with Crippen LogP contribution in [0.15, 0.2) is 66.7 Å². The number of nitrogens with one attached hydrogen (secondary N) is 2. The molecule has 0 aliphatic rings. The van der Waals surface area contributed by atoms with Crippen molar-refractivity contribution >= 4 is 34.2 Å². The molecule has 0 radical (unpaired) electrons. The molecule has 0 aliphatic carbocycles. The number of methoxy groups -OCH3 is 1. The fraction of sp³-hybridized carbons (Fsp3) is 0.214. The van der Waals surface area contributed by atoms with Crippen LogP contribution >= 0.6 is 0 Å². The summed E-state index contributed by atoms with van der Waals surface area (Å²) < 4.78 is 46.3. The largest absolute Gasteiger partial charge is 0.465 e. The second kappa shape index (κ2) is 10.0. The fourth-order valence-corrected chi connectivity index (χ4v) is 4.24. The molecule has 0 fully saturated rings. The molecule has 9 heteroatoms. The SMILES string of the molecule is COC(=O)c1ccc(C(C)NC(=O)c2c(Nc3cccc(C(F)(F)F)c3)c3cc(C)ccc3n2C)cc1.